The molecule has 0 radical (unpaired) electrons. The van der Waals surface area contributed by atoms with Crippen LogP contribution in [0.3, 0.4) is 0 Å². The Labute approximate surface area is 153 Å². The first-order valence-electron chi connectivity index (χ1n) is 8.73. The summed E-state index contributed by atoms with van der Waals surface area (Å²) in [6.07, 6.45) is 5.21. The number of rotatable bonds is 8. The lowest BCUT2D eigenvalue weighted by Gasteiger charge is -2.07. The first kappa shape index (κ1) is 17.6. The summed E-state index contributed by atoms with van der Waals surface area (Å²) in [7, 11) is 0. The van der Waals surface area contributed by atoms with E-state index in [1.165, 1.54) is 5.56 Å². The highest BCUT2D eigenvalue weighted by molar-refractivity contribution is 5.94. The quantitative estimate of drug-likeness (QED) is 0.613. The lowest BCUT2D eigenvalue weighted by Crippen LogP contribution is -2.24. The third-order valence-electron chi connectivity index (χ3n) is 3.97. The van der Waals surface area contributed by atoms with Crippen molar-refractivity contribution >= 4 is 11.7 Å². The number of hydrogen-bond donors (Lipinski definition) is 2. The number of hydrogen-bond acceptors (Lipinski definition) is 4. The van der Waals surface area contributed by atoms with Gasteiger partial charge in [-0.3, -0.25) is 9.78 Å². The first-order valence-corrected chi connectivity index (χ1v) is 8.73. The minimum atomic E-state index is -0.0955. The fourth-order valence-electron chi connectivity index (χ4n) is 2.56. The fourth-order valence-corrected chi connectivity index (χ4v) is 2.56. The molecule has 5 heteroatoms. The van der Waals surface area contributed by atoms with Crippen LogP contribution in [0.1, 0.15) is 28.0 Å². The number of amides is 1. The number of nitrogens with zero attached hydrogens (tertiary/aromatic N) is 2. The summed E-state index contributed by atoms with van der Waals surface area (Å²) in [6.45, 7) is 1.24. The lowest BCUT2D eigenvalue weighted by molar-refractivity contribution is 0.0953. The van der Waals surface area contributed by atoms with Crippen molar-refractivity contribution in [3.8, 4) is 0 Å². The Kier molecular flexibility index (Phi) is 6.31. The first-order chi connectivity index (χ1) is 12.8. The monoisotopic (exact) mass is 346 g/mol. The van der Waals surface area contributed by atoms with Crippen molar-refractivity contribution in [1.29, 1.82) is 0 Å². The SMILES string of the molecule is O=C(NCCCc1ccccc1)c1ccc(NCc2ccccn2)nc1. The molecule has 0 aliphatic rings. The van der Waals surface area contributed by atoms with Crippen molar-refractivity contribution < 1.29 is 4.79 Å². The molecule has 3 aromatic rings. The molecule has 1 aromatic carbocycles. The van der Waals surface area contributed by atoms with Gasteiger partial charge in [0.05, 0.1) is 17.8 Å². The maximum absolute atomic E-state index is 12.2. The molecule has 0 saturated carbocycles. The third-order valence-corrected chi connectivity index (χ3v) is 3.97. The van der Waals surface area contributed by atoms with Gasteiger partial charge in [-0.2, -0.15) is 0 Å². The zero-order valence-electron chi connectivity index (χ0n) is 14.6. The van der Waals surface area contributed by atoms with Crippen LogP contribution < -0.4 is 10.6 Å². The van der Waals surface area contributed by atoms with Crippen molar-refractivity contribution in [2.45, 2.75) is 19.4 Å². The molecule has 5 nitrogen and oxygen atoms in total. The Balaban J connectivity index is 1.41. The summed E-state index contributed by atoms with van der Waals surface area (Å²) in [5.41, 5.74) is 2.79. The summed E-state index contributed by atoms with van der Waals surface area (Å²) >= 11 is 0. The average Bonchev–Trinajstić information content (AvgIpc) is 2.71. The van der Waals surface area contributed by atoms with E-state index < -0.39 is 0 Å². The molecular formula is C21H22N4O. The highest BCUT2D eigenvalue weighted by Crippen LogP contribution is 2.07. The van der Waals surface area contributed by atoms with Gasteiger partial charge in [0.15, 0.2) is 0 Å². The molecule has 0 spiro atoms. The summed E-state index contributed by atoms with van der Waals surface area (Å²) in [6, 6.07) is 19.6. The second kappa shape index (κ2) is 9.32. The third kappa shape index (κ3) is 5.41. The molecule has 2 N–H and O–H groups in total. The van der Waals surface area contributed by atoms with Gasteiger partial charge in [0.25, 0.3) is 5.91 Å². The molecule has 0 aliphatic carbocycles. The fraction of sp³-hybridized carbons (Fsp3) is 0.190. The molecule has 1 amide bonds. The van der Waals surface area contributed by atoms with E-state index in [-0.39, 0.29) is 5.91 Å². The smallest absolute Gasteiger partial charge is 0.252 e. The van der Waals surface area contributed by atoms with Crippen LogP contribution in [-0.4, -0.2) is 22.4 Å². The highest BCUT2D eigenvalue weighted by atomic mass is 16.1. The van der Waals surface area contributed by atoms with E-state index in [2.05, 4.69) is 32.7 Å². The highest BCUT2D eigenvalue weighted by Gasteiger charge is 2.05. The van der Waals surface area contributed by atoms with Crippen molar-refractivity contribution in [3.05, 3.63) is 89.9 Å². The number of aromatic nitrogens is 2. The van der Waals surface area contributed by atoms with E-state index >= 15 is 0 Å². The van der Waals surface area contributed by atoms with E-state index in [1.54, 1.807) is 18.5 Å². The van der Waals surface area contributed by atoms with Crippen molar-refractivity contribution in [2.24, 2.45) is 0 Å². The standard InChI is InChI=1S/C21H22N4O/c26-21(23-14-6-9-17-7-2-1-3-8-17)18-11-12-20(24-15-18)25-16-19-10-4-5-13-22-19/h1-5,7-8,10-13,15H,6,9,14,16H2,(H,23,26)(H,24,25). The van der Waals surface area contributed by atoms with E-state index in [0.29, 0.717) is 18.7 Å². The molecule has 0 fully saturated rings. The van der Waals surface area contributed by atoms with Crippen LogP contribution >= 0.6 is 0 Å². The Morgan fingerprint density at radius 1 is 0.923 bits per heavy atom. The van der Waals surface area contributed by atoms with Gasteiger partial charge < -0.3 is 10.6 Å². The van der Waals surface area contributed by atoms with Crippen LogP contribution in [0.4, 0.5) is 5.82 Å². The van der Waals surface area contributed by atoms with Gasteiger partial charge in [0, 0.05) is 18.9 Å². The van der Waals surface area contributed by atoms with Gasteiger partial charge in [-0.15, -0.1) is 0 Å². The van der Waals surface area contributed by atoms with E-state index in [1.807, 2.05) is 42.5 Å². The Hall–Kier alpha value is -3.21. The second-order valence-corrected chi connectivity index (χ2v) is 5.95. The molecule has 0 unspecified atom stereocenters. The second-order valence-electron chi connectivity index (χ2n) is 5.95. The van der Waals surface area contributed by atoms with Gasteiger partial charge in [0.1, 0.15) is 5.82 Å². The summed E-state index contributed by atoms with van der Waals surface area (Å²) < 4.78 is 0. The summed E-state index contributed by atoms with van der Waals surface area (Å²) in [5.74, 6) is 0.623. The molecule has 0 atom stereocenters. The van der Waals surface area contributed by atoms with E-state index in [9.17, 15) is 4.79 Å². The molecular weight excluding hydrogens is 324 g/mol. The van der Waals surface area contributed by atoms with E-state index in [4.69, 9.17) is 0 Å². The molecule has 0 bridgehead atoms. The van der Waals surface area contributed by atoms with E-state index in [0.717, 1.165) is 24.4 Å². The average molecular weight is 346 g/mol. The molecule has 3 rings (SSSR count). The van der Waals surface area contributed by atoms with Gasteiger partial charge in [-0.1, -0.05) is 36.4 Å². The Morgan fingerprint density at radius 3 is 2.50 bits per heavy atom. The number of pyridine rings is 2. The maximum atomic E-state index is 12.2. The molecule has 2 heterocycles. The zero-order chi connectivity index (χ0) is 18.0. The van der Waals surface area contributed by atoms with Crippen molar-refractivity contribution in [1.82, 2.24) is 15.3 Å². The van der Waals surface area contributed by atoms with Gasteiger partial charge in [0.2, 0.25) is 0 Å². The maximum Gasteiger partial charge on any atom is 0.252 e. The van der Waals surface area contributed by atoms with Crippen molar-refractivity contribution in [2.75, 3.05) is 11.9 Å². The minimum Gasteiger partial charge on any atom is -0.364 e. The number of carbonyl (C=O) groups is 1. The van der Waals surface area contributed by atoms with Crippen LogP contribution in [-0.2, 0) is 13.0 Å². The normalized spacial score (nSPS) is 10.3. The summed E-state index contributed by atoms with van der Waals surface area (Å²) in [4.78, 5) is 20.7. The van der Waals surface area contributed by atoms with Gasteiger partial charge in [-0.25, -0.2) is 4.98 Å². The molecule has 2 aromatic heterocycles. The molecule has 26 heavy (non-hydrogen) atoms. The largest absolute Gasteiger partial charge is 0.364 e. The number of benzene rings is 1. The zero-order valence-corrected chi connectivity index (χ0v) is 14.6. The topological polar surface area (TPSA) is 66.9 Å². The number of aryl methyl sites for hydroxylation is 1. The Bertz CT molecular complexity index is 804. The molecule has 132 valence electrons. The van der Waals surface area contributed by atoms with Crippen LogP contribution in [0.5, 0.6) is 0 Å². The molecule has 0 aliphatic heterocycles. The van der Waals surface area contributed by atoms with Gasteiger partial charge in [-0.05, 0) is 42.7 Å². The van der Waals surface area contributed by atoms with Crippen LogP contribution in [0.2, 0.25) is 0 Å². The minimum absolute atomic E-state index is 0.0955. The predicted octanol–water partition coefficient (Wildman–Crippen LogP) is 3.45. The van der Waals surface area contributed by atoms with Crippen LogP contribution in [0.15, 0.2) is 73.1 Å². The van der Waals surface area contributed by atoms with Crippen LogP contribution in [0, 0.1) is 0 Å². The number of anilines is 1. The number of carbonyl (C=O) groups excluding carboxylic acids is 1. The number of nitrogens with one attached hydrogen (secondary N) is 2. The van der Waals surface area contributed by atoms with Gasteiger partial charge >= 0.3 is 0 Å². The lowest BCUT2D eigenvalue weighted by atomic mass is 10.1. The predicted molar refractivity (Wildman–Crippen MR) is 103 cm³/mol. The van der Waals surface area contributed by atoms with Crippen LogP contribution in [0.25, 0.3) is 0 Å². The summed E-state index contributed by atoms with van der Waals surface area (Å²) in [5, 5.41) is 6.13. The Morgan fingerprint density at radius 2 is 1.77 bits per heavy atom. The molecule has 0 saturated heterocycles. The van der Waals surface area contributed by atoms with Crippen molar-refractivity contribution in [3.63, 3.8) is 0 Å².